The molecule has 0 bridgehead atoms. The van der Waals surface area contributed by atoms with E-state index in [2.05, 4.69) is 4.98 Å². The minimum absolute atomic E-state index is 0.0682. The lowest BCUT2D eigenvalue weighted by Crippen LogP contribution is -1.99. The van der Waals surface area contributed by atoms with Gasteiger partial charge in [-0.3, -0.25) is 4.79 Å². The molecule has 0 aliphatic carbocycles. The molecule has 0 saturated carbocycles. The lowest BCUT2D eigenvalue weighted by atomic mass is 10.1. The minimum atomic E-state index is 0.0682. The highest BCUT2D eigenvalue weighted by atomic mass is 32.1. The Kier molecular flexibility index (Phi) is 2.64. The molecule has 1 aromatic carbocycles. The highest BCUT2D eigenvalue weighted by Crippen LogP contribution is 2.20. The van der Waals surface area contributed by atoms with Crippen LogP contribution in [-0.4, -0.2) is 10.8 Å². The van der Waals surface area contributed by atoms with E-state index in [-0.39, 0.29) is 5.78 Å². The fraction of sp³-hybridized carbons (Fsp3) is 0.167. The Bertz CT molecular complexity index is 488. The van der Waals surface area contributed by atoms with Crippen LogP contribution in [0.3, 0.4) is 0 Å². The summed E-state index contributed by atoms with van der Waals surface area (Å²) in [6.45, 7) is 3.79. The first-order chi connectivity index (χ1) is 7.18. The molecule has 0 amide bonds. The number of carbonyl (C=O) groups is 1. The zero-order chi connectivity index (χ0) is 10.8. The van der Waals surface area contributed by atoms with Crippen LogP contribution in [0, 0.1) is 13.8 Å². The van der Waals surface area contributed by atoms with Crippen LogP contribution in [0.15, 0.2) is 30.3 Å². The fourth-order valence-corrected chi connectivity index (χ4v) is 2.34. The highest BCUT2D eigenvalue weighted by Gasteiger charge is 2.14. The van der Waals surface area contributed by atoms with E-state index in [0.29, 0.717) is 0 Å². The van der Waals surface area contributed by atoms with E-state index in [1.165, 1.54) is 11.3 Å². The predicted molar refractivity (Wildman–Crippen MR) is 61.5 cm³/mol. The fourth-order valence-electron chi connectivity index (χ4n) is 1.46. The standard InChI is InChI=1S/C12H11NOS/c1-8-12(15-9(2)13-8)11(14)10-6-4-3-5-7-10/h3-7H,1-2H3. The summed E-state index contributed by atoms with van der Waals surface area (Å²) in [6, 6.07) is 9.31. The number of hydrogen-bond donors (Lipinski definition) is 0. The lowest BCUT2D eigenvalue weighted by Gasteiger charge is -1.97. The number of benzene rings is 1. The van der Waals surface area contributed by atoms with Gasteiger partial charge in [-0.1, -0.05) is 30.3 Å². The van der Waals surface area contributed by atoms with Crippen molar-refractivity contribution in [1.29, 1.82) is 0 Å². The van der Waals surface area contributed by atoms with Crippen LogP contribution >= 0.6 is 11.3 Å². The first kappa shape index (κ1) is 10.1. The van der Waals surface area contributed by atoms with Gasteiger partial charge in [0, 0.05) is 5.56 Å². The zero-order valence-electron chi connectivity index (χ0n) is 8.65. The summed E-state index contributed by atoms with van der Waals surface area (Å²) in [5.41, 5.74) is 1.55. The summed E-state index contributed by atoms with van der Waals surface area (Å²) < 4.78 is 0. The smallest absolute Gasteiger partial charge is 0.204 e. The van der Waals surface area contributed by atoms with Gasteiger partial charge in [0.15, 0.2) is 0 Å². The predicted octanol–water partition coefficient (Wildman–Crippen LogP) is 2.99. The maximum Gasteiger partial charge on any atom is 0.204 e. The number of nitrogens with zero attached hydrogens (tertiary/aromatic N) is 1. The number of rotatable bonds is 2. The molecule has 2 aromatic rings. The minimum Gasteiger partial charge on any atom is -0.288 e. The molecule has 0 N–H and O–H groups in total. The van der Waals surface area contributed by atoms with Crippen LogP contribution in [-0.2, 0) is 0 Å². The molecule has 2 rings (SSSR count). The number of hydrogen-bond acceptors (Lipinski definition) is 3. The summed E-state index contributed by atoms with van der Waals surface area (Å²) in [5, 5.41) is 0.937. The molecule has 0 spiro atoms. The Hall–Kier alpha value is -1.48. The van der Waals surface area contributed by atoms with Crippen molar-refractivity contribution >= 4 is 17.1 Å². The second-order valence-corrected chi connectivity index (χ2v) is 4.55. The molecule has 0 aliphatic heterocycles. The van der Waals surface area contributed by atoms with E-state index in [1.807, 2.05) is 44.2 Å². The number of aromatic nitrogens is 1. The maximum absolute atomic E-state index is 12.1. The van der Waals surface area contributed by atoms with Crippen LogP contribution < -0.4 is 0 Å². The van der Waals surface area contributed by atoms with Gasteiger partial charge in [-0.15, -0.1) is 11.3 Å². The number of ketones is 1. The molecule has 0 unspecified atom stereocenters. The molecule has 0 aliphatic rings. The Morgan fingerprint density at radius 2 is 1.87 bits per heavy atom. The van der Waals surface area contributed by atoms with E-state index in [1.54, 1.807) is 0 Å². The third-order valence-corrected chi connectivity index (χ3v) is 3.22. The van der Waals surface area contributed by atoms with Gasteiger partial charge in [-0.25, -0.2) is 4.98 Å². The molecule has 76 valence electrons. The molecule has 15 heavy (non-hydrogen) atoms. The topological polar surface area (TPSA) is 30.0 Å². The number of aryl methyl sites for hydroxylation is 2. The first-order valence-corrected chi connectivity index (χ1v) is 5.54. The van der Waals surface area contributed by atoms with Crippen molar-refractivity contribution in [2.45, 2.75) is 13.8 Å². The van der Waals surface area contributed by atoms with E-state index < -0.39 is 0 Å². The SMILES string of the molecule is Cc1nc(C)c(C(=O)c2ccccc2)s1. The molecule has 0 radical (unpaired) electrons. The van der Waals surface area contributed by atoms with E-state index in [0.717, 1.165) is 21.1 Å². The Labute approximate surface area is 92.6 Å². The summed E-state index contributed by atoms with van der Waals surface area (Å²) in [4.78, 5) is 17.1. The van der Waals surface area contributed by atoms with Crippen molar-refractivity contribution < 1.29 is 4.79 Å². The molecule has 1 heterocycles. The maximum atomic E-state index is 12.1. The summed E-state index contributed by atoms with van der Waals surface area (Å²) >= 11 is 1.46. The van der Waals surface area contributed by atoms with Gasteiger partial charge < -0.3 is 0 Å². The van der Waals surface area contributed by atoms with Gasteiger partial charge in [-0.05, 0) is 13.8 Å². The van der Waals surface area contributed by atoms with E-state index in [9.17, 15) is 4.79 Å². The van der Waals surface area contributed by atoms with E-state index in [4.69, 9.17) is 0 Å². The van der Waals surface area contributed by atoms with Crippen molar-refractivity contribution in [2.75, 3.05) is 0 Å². The summed E-state index contributed by atoms with van der Waals surface area (Å²) in [5.74, 6) is 0.0682. The van der Waals surface area contributed by atoms with Gasteiger partial charge in [0.1, 0.15) is 0 Å². The van der Waals surface area contributed by atoms with Crippen LogP contribution in [0.2, 0.25) is 0 Å². The van der Waals surface area contributed by atoms with Crippen LogP contribution in [0.25, 0.3) is 0 Å². The Balaban J connectivity index is 2.41. The molecule has 2 nitrogen and oxygen atoms in total. The average Bonchev–Trinajstić information content (AvgIpc) is 2.58. The van der Waals surface area contributed by atoms with Gasteiger partial charge in [0.25, 0.3) is 0 Å². The van der Waals surface area contributed by atoms with Gasteiger partial charge in [0.2, 0.25) is 5.78 Å². The summed E-state index contributed by atoms with van der Waals surface area (Å²) in [7, 11) is 0. The number of carbonyl (C=O) groups excluding carboxylic acids is 1. The molecular weight excluding hydrogens is 206 g/mol. The van der Waals surface area contributed by atoms with E-state index >= 15 is 0 Å². The molecule has 0 atom stereocenters. The largest absolute Gasteiger partial charge is 0.288 e. The molecular formula is C12H11NOS. The average molecular weight is 217 g/mol. The van der Waals surface area contributed by atoms with Gasteiger partial charge in [-0.2, -0.15) is 0 Å². The van der Waals surface area contributed by atoms with Gasteiger partial charge in [0.05, 0.1) is 15.6 Å². The second-order valence-electron chi connectivity index (χ2n) is 3.34. The molecule has 1 aromatic heterocycles. The van der Waals surface area contributed by atoms with Crippen LogP contribution in [0.5, 0.6) is 0 Å². The van der Waals surface area contributed by atoms with Crippen LogP contribution in [0.4, 0.5) is 0 Å². The molecule has 0 fully saturated rings. The van der Waals surface area contributed by atoms with Crippen molar-refractivity contribution in [3.63, 3.8) is 0 Å². The third kappa shape index (κ3) is 1.97. The second kappa shape index (κ2) is 3.95. The Morgan fingerprint density at radius 1 is 1.20 bits per heavy atom. The third-order valence-electron chi connectivity index (χ3n) is 2.15. The first-order valence-electron chi connectivity index (χ1n) is 4.72. The van der Waals surface area contributed by atoms with Crippen molar-refractivity contribution in [3.8, 4) is 0 Å². The monoisotopic (exact) mass is 217 g/mol. The zero-order valence-corrected chi connectivity index (χ0v) is 9.47. The Morgan fingerprint density at radius 3 is 2.40 bits per heavy atom. The molecule has 0 saturated heterocycles. The van der Waals surface area contributed by atoms with Gasteiger partial charge >= 0.3 is 0 Å². The van der Waals surface area contributed by atoms with Crippen molar-refractivity contribution in [3.05, 3.63) is 51.5 Å². The number of thiazole rings is 1. The highest BCUT2D eigenvalue weighted by molar-refractivity contribution is 7.14. The summed E-state index contributed by atoms with van der Waals surface area (Å²) in [6.07, 6.45) is 0. The van der Waals surface area contributed by atoms with Crippen molar-refractivity contribution in [2.24, 2.45) is 0 Å². The lowest BCUT2D eigenvalue weighted by molar-refractivity contribution is 0.104. The van der Waals surface area contributed by atoms with Crippen LogP contribution in [0.1, 0.15) is 25.9 Å². The van der Waals surface area contributed by atoms with Crippen molar-refractivity contribution in [1.82, 2.24) is 4.98 Å². The molecule has 3 heteroatoms. The quantitative estimate of drug-likeness (QED) is 0.724. The normalized spacial score (nSPS) is 10.3.